The Kier molecular flexibility index (Phi) is 6.45. The number of nitrogens with one attached hydrogen (secondary N) is 1. The Morgan fingerprint density at radius 1 is 1.19 bits per heavy atom. The Hall–Kier alpha value is -2.14. The Morgan fingerprint density at radius 3 is 2.73 bits per heavy atom. The van der Waals surface area contributed by atoms with E-state index >= 15 is 0 Å². The molecule has 0 unspecified atom stereocenters. The number of likely N-dealkylation sites (tertiary alicyclic amines) is 1. The highest BCUT2D eigenvalue weighted by molar-refractivity contribution is 7.12. The number of hydrogen-bond donors (Lipinski definition) is 1. The van der Waals surface area contributed by atoms with Crippen molar-refractivity contribution in [3.05, 3.63) is 58.3 Å². The zero-order chi connectivity index (χ0) is 18.4. The summed E-state index contributed by atoms with van der Waals surface area (Å²) in [4.78, 5) is 28.0. The Balaban J connectivity index is 1.57. The molecule has 0 aliphatic carbocycles. The van der Waals surface area contributed by atoms with Crippen LogP contribution in [0, 0.1) is 0 Å². The van der Waals surface area contributed by atoms with Crippen LogP contribution < -0.4 is 5.32 Å². The summed E-state index contributed by atoms with van der Waals surface area (Å²) in [5.74, 6) is -0.0352. The normalized spacial score (nSPS) is 18.3. The Labute approximate surface area is 159 Å². The van der Waals surface area contributed by atoms with Gasteiger partial charge < -0.3 is 10.2 Å². The predicted molar refractivity (Wildman–Crippen MR) is 105 cm³/mol. The van der Waals surface area contributed by atoms with E-state index < -0.39 is 0 Å². The lowest BCUT2D eigenvalue weighted by atomic mass is 10.00. The van der Waals surface area contributed by atoms with Gasteiger partial charge in [-0.1, -0.05) is 36.4 Å². The SMILES string of the molecule is C[C@H](CCc1ccccc1)NC(=O)[C@@H]1CCCCN1C(=O)c1cccs1. The molecule has 26 heavy (non-hydrogen) atoms. The minimum absolute atomic E-state index is 0.0169. The van der Waals surface area contributed by atoms with Gasteiger partial charge in [0.15, 0.2) is 0 Å². The van der Waals surface area contributed by atoms with Crippen molar-refractivity contribution >= 4 is 23.2 Å². The number of nitrogens with zero attached hydrogens (tertiary/aromatic N) is 1. The number of aryl methyl sites for hydroxylation is 1. The third kappa shape index (κ3) is 4.73. The first-order valence-electron chi connectivity index (χ1n) is 9.34. The monoisotopic (exact) mass is 370 g/mol. The van der Waals surface area contributed by atoms with Crippen LogP contribution in [0.3, 0.4) is 0 Å². The zero-order valence-corrected chi connectivity index (χ0v) is 16.0. The van der Waals surface area contributed by atoms with Gasteiger partial charge in [0.1, 0.15) is 6.04 Å². The first kappa shape index (κ1) is 18.6. The second-order valence-corrected chi connectivity index (χ2v) is 7.87. The molecule has 4 nitrogen and oxygen atoms in total. The molecule has 1 aliphatic heterocycles. The van der Waals surface area contributed by atoms with E-state index in [4.69, 9.17) is 0 Å². The van der Waals surface area contributed by atoms with Crippen molar-refractivity contribution in [3.63, 3.8) is 0 Å². The van der Waals surface area contributed by atoms with Crippen LogP contribution in [0.25, 0.3) is 0 Å². The largest absolute Gasteiger partial charge is 0.352 e. The Morgan fingerprint density at radius 2 is 2.00 bits per heavy atom. The van der Waals surface area contributed by atoms with E-state index in [1.54, 1.807) is 4.90 Å². The summed E-state index contributed by atoms with van der Waals surface area (Å²) in [6.07, 6.45) is 4.52. The molecule has 0 spiro atoms. The number of hydrogen-bond acceptors (Lipinski definition) is 3. The van der Waals surface area contributed by atoms with Gasteiger partial charge in [-0.3, -0.25) is 9.59 Å². The average molecular weight is 371 g/mol. The third-order valence-electron chi connectivity index (χ3n) is 4.90. The molecule has 1 aromatic heterocycles. The lowest BCUT2D eigenvalue weighted by Crippen LogP contribution is -2.53. The van der Waals surface area contributed by atoms with Gasteiger partial charge in [-0.2, -0.15) is 0 Å². The molecule has 2 heterocycles. The molecule has 2 aromatic rings. The topological polar surface area (TPSA) is 49.4 Å². The first-order valence-corrected chi connectivity index (χ1v) is 10.2. The number of rotatable bonds is 6. The van der Waals surface area contributed by atoms with E-state index in [0.29, 0.717) is 11.4 Å². The molecule has 1 N–H and O–H groups in total. The molecule has 5 heteroatoms. The van der Waals surface area contributed by atoms with Crippen LogP contribution >= 0.6 is 11.3 Å². The minimum atomic E-state index is -0.350. The molecule has 1 aliphatic rings. The van der Waals surface area contributed by atoms with E-state index in [1.807, 2.05) is 42.6 Å². The van der Waals surface area contributed by atoms with Crippen LogP contribution in [-0.2, 0) is 11.2 Å². The van der Waals surface area contributed by atoms with Crippen molar-refractivity contribution in [1.82, 2.24) is 10.2 Å². The number of piperidine rings is 1. The fourth-order valence-electron chi connectivity index (χ4n) is 3.43. The summed E-state index contributed by atoms with van der Waals surface area (Å²) >= 11 is 1.44. The van der Waals surface area contributed by atoms with E-state index in [0.717, 1.165) is 32.1 Å². The predicted octanol–water partition coefficient (Wildman–Crippen LogP) is 3.88. The van der Waals surface area contributed by atoms with Crippen LogP contribution in [-0.4, -0.2) is 35.3 Å². The standard InChI is InChI=1S/C21H26N2O2S/c1-16(12-13-17-8-3-2-4-9-17)22-20(24)18-10-5-6-14-23(18)21(25)19-11-7-15-26-19/h2-4,7-9,11,15-16,18H,5-6,10,12-14H2,1H3,(H,22,24)/t16-,18+/m1/s1. The summed E-state index contributed by atoms with van der Waals surface area (Å²) in [6.45, 7) is 2.70. The summed E-state index contributed by atoms with van der Waals surface area (Å²) in [5.41, 5.74) is 1.28. The maximum absolute atomic E-state index is 12.8. The summed E-state index contributed by atoms with van der Waals surface area (Å²) < 4.78 is 0. The lowest BCUT2D eigenvalue weighted by Gasteiger charge is -2.35. The third-order valence-corrected chi connectivity index (χ3v) is 5.75. The molecule has 3 rings (SSSR count). The smallest absolute Gasteiger partial charge is 0.264 e. The van der Waals surface area contributed by atoms with Gasteiger partial charge in [0.25, 0.3) is 5.91 Å². The fraction of sp³-hybridized carbons (Fsp3) is 0.429. The molecule has 2 atom stereocenters. The van der Waals surface area contributed by atoms with Gasteiger partial charge in [-0.15, -0.1) is 11.3 Å². The number of carbonyl (C=O) groups excluding carboxylic acids is 2. The van der Waals surface area contributed by atoms with Crippen molar-refractivity contribution in [3.8, 4) is 0 Å². The van der Waals surface area contributed by atoms with Crippen LogP contribution in [0.5, 0.6) is 0 Å². The number of benzene rings is 1. The lowest BCUT2D eigenvalue weighted by molar-refractivity contribution is -0.127. The fourth-order valence-corrected chi connectivity index (χ4v) is 4.11. The summed E-state index contributed by atoms with van der Waals surface area (Å²) in [6, 6.07) is 13.7. The zero-order valence-electron chi connectivity index (χ0n) is 15.2. The van der Waals surface area contributed by atoms with Gasteiger partial charge in [-0.25, -0.2) is 0 Å². The number of carbonyl (C=O) groups is 2. The molecule has 138 valence electrons. The summed E-state index contributed by atoms with van der Waals surface area (Å²) in [7, 11) is 0. The van der Waals surface area contributed by atoms with Crippen LogP contribution in [0.1, 0.15) is 47.8 Å². The van der Waals surface area contributed by atoms with Crippen LogP contribution in [0.4, 0.5) is 0 Å². The molecule has 1 saturated heterocycles. The van der Waals surface area contributed by atoms with E-state index in [-0.39, 0.29) is 23.9 Å². The summed E-state index contributed by atoms with van der Waals surface area (Å²) in [5, 5.41) is 5.02. The average Bonchev–Trinajstić information content (AvgIpc) is 3.21. The first-order chi connectivity index (χ1) is 12.6. The van der Waals surface area contributed by atoms with Crippen LogP contribution in [0.2, 0.25) is 0 Å². The highest BCUT2D eigenvalue weighted by Gasteiger charge is 2.33. The van der Waals surface area contributed by atoms with Crippen molar-refractivity contribution in [2.24, 2.45) is 0 Å². The maximum atomic E-state index is 12.8. The van der Waals surface area contributed by atoms with Crippen molar-refractivity contribution < 1.29 is 9.59 Å². The van der Waals surface area contributed by atoms with Gasteiger partial charge in [0.2, 0.25) is 5.91 Å². The molecular formula is C21H26N2O2S. The Bertz CT molecular complexity index is 715. The minimum Gasteiger partial charge on any atom is -0.352 e. The maximum Gasteiger partial charge on any atom is 0.264 e. The van der Waals surface area contributed by atoms with E-state index in [9.17, 15) is 9.59 Å². The highest BCUT2D eigenvalue weighted by atomic mass is 32.1. The molecular weight excluding hydrogens is 344 g/mol. The molecule has 0 saturated carbocycles. The highest BCUT2D eigenvalue weighted by Crippen LogP contribution is 2.22. The molecule has 0 bridgehead atoms. The van der Waals surface area contributed by atoms with E-state index in [1.165, 1.54) is 16.9 Å². The van der Waals surface area contributed by atoms with E-state index in [2.05, 4.69) is 17.4 Å². The molecule has 1 aromatic carbocycles. The quantitative estimate of drug-likeness (QED) is 0.839. The van der Waals surface area contributed by atoms with Gasteiger partial charge in [0.05, 0.1) is 4.88 Å². The molecule has 2 amide bonds. The van der Waals surface area contributed by atoms with Crippen molar-refractivity contribution in [1.29, 1.82) is 0 Å². The van der Waals surface area contributed by atoms with Crippen LogP contribution in [0.15, 0.2) is 47.8 Å². The second-order valence-electron chi connectivity index (χ2n) is 6.92. The number of thiophene rings is 1. The molecule has 0 radical (unpaired) electrons. The van der Waals surface area contributed by atoms with Crippen molar-refractivity contribution in [2.75, 3.05) is 6.54 Å². The van der Waals surface area contributed by atoms with Gasteiger partial charge >= 0.3 is 0 Å². The van der Waals surface area contributed by atoms with Gasteiger partial charge in [-0.05, 0) is 56.0 Å². The second kappa shape index (κ2) is 8.99. The molecule has 1 fully saturated rings. The number of amides is 2. The van der Waals surface area contributed by atoms with Gasteiger partial charge in [0, 0.05) is 12.6 Å². The van der Waals surface area contributed by atoms with Crippen molar-refractivity contribution in [2.45, 2.75) is 51.1 Å².